The van der Waals surface area contributed by atoms with Crippen LogP contribution in [0.15, 0.2) is 199 Å². The summed E-state index contributed by atoms with van der Waals surface area (Å²) >= 11 is 0. The highest BCUT2D eigenvalue weighted by molar-refractivity contribution is 5.96. The molecule has 12 aromatic carbocycles. The third-order valence-electron chi connectivity index (χ3n) is 19.0. The lowest BCUT2D eigenvalue weighted by Gasteiger charge is -2.24. The van der Waals surface area contributed by atoms with Gasteiger partial charge in [-0.15, -0.1) is 0 Å². The molecule has 0 unspecified atom stereocenters. The number of carbonyl (C=O) groups excluding carboxylic acids is 4. The summed E-state index contributed by atoms with van der Waals surface area (Å²) in [5.74, 6) is -17.6. The van der Waals surface area contributed by atoms with Crippen LogP contribution in [0.4, 0.5) is 0 Å². The van der Waals surface area contributed by atoms with E-state index < -0.39 is 122 Å². The van der Waals surface area contributed by atoms with Crippen LogP contribution >= 0.6 is 0 Å². The zero-order valence-corrected chi connectivity index (χ0v) is 65.0. The Labute approximate surface area is 715 Å². The predicted octanol–water partition coefficient (Wildman–Crippen LogP) is 11.7. The normalized spacial score (nSPS) is 12.7. The molecule has 16 rings (SSSR count). The highest BCUT2D eigenvalue weighted by atomic mass is 16.6. The first-order valence-electron chi connectivity index (χ1n) is 36.6. The standard InChI is InChI=1S/C23H18O9.C22H16O11.C22H16O10.C22H16O9/c1-30-14-4-2-11(3-5-14)22-20(10-15-16(25)8-13(24)9-19(15)31-22)32-23(29)12-6-17(26)21(28)18(27)7-12;23-10-5-12(24)11-7-18(33-22(31)9-3-15(27)20(30)16(28)4-9)21(32-17(11)6-10)8-1-13(25)19(29)14(26)2-8;23-11-6-14(25)12-8-19(32-22(30)10-4-16(27)20(29)17(28)5-10)21(31-18(12)7-11)9-1-2-13(24)15(26)3-9;23-12-3-1-10(2-4-12)21-19(9-14-15(25)7-13(24)8-18(14)30-21)31-22(29)11-5-16(26)20(28)17(27)6-11/h2-9,24-28H,10H2,1H3;1-6,23-30H,7H2;1-7,23-29H,8H2;1-8,23-28H,9H2. The Morgan fingerprint density at radius 1 is 0.227 bits per heavy atom. The maximum absolute atomic E-state index is 12.7. The molecule has 39 heteroatoms. The largest absolute Gasteiger partial charge is 0.508 e. The van der Waals surface area contributed by atoms with Crippen LogP contribution < -0.4 is 23.7 Å². The molecule has 0 aromatic heterocycles. The second-order valence-corrected chi connectivity index (χ2v) is 27.7. The van der Waals surface area contributed by atoms with Crippen molar-refractivity contribution in [2.45, 2.75) is 25.7 Å². The Morgan fingerprint density at radius 2 is 0.453 bits per heavy atom. The lowest BCUT2D eigenvalue weighted by Crippen LogP contribution is -2.15. The number of carbonyl (C=O) groups is 4. The smallest absolute Gasteiger partial charge is 0.343 e. The molecule has 0 aliphatic carbocycles. The van der Waals surface area contributed by atoms with Gasteiger partial charge in [-0.05, 0) is 127 Å². The topological polar surface area (TPSA) is 677 Å². The van der Waals surface area contributed by atoms with Gasteiger partial charge in [-0.1, -0.05) is 0 Å². The number of fused-ring (bicyclic) bond motifs is 4. The van der Waals surface area contributed by atoms with Crippen LogP contribution in [0, 0.1) is 0 Å². The summed E-state index contributed by atoms with van der Waals surface area (Å²) in [6.07, 6.45) is -0.550. The third kappa shape index (κ3) is 18.4. The van der Waals surface area contributed by atoms with Crippen LogP contribution in [0.5, 0.6) is 178 Å². The maximum Gasteiger partial charge on any atom is 0.343 e. The molecule has 26 N–H and O–H groups in total. The second-order valence-electron chi connectivity index (χ2n) is 27.7. The molecule has 0 saturated carbocycles. The molecule has 656 valence electrons. The zero-order valence-electron chi connectivity index (χ0n) is 65.0. The minimum Gasteiger partial charge on any atom is -0.508 e. The Bertz CT molecular complexity index is 6580. The molecule has 4 aliphatic rings. The fourth-order valence-corrected chi connectivity index (χ4v) is 12.7. The van der Waals surface area contributed by atoms with Gasteiger partial charge in [0.15, 0.2) is 144 Å². The molecule has 0 atom stereocenters. The SMILES string of the molecule is COc1ccc(C2=C(OC(=O)c3cc(O)c(O)c(O)c3)Cc3c(O)cc(O)cc3O2)cc1.O=C(OC1=C(c2cc(O)c(O)c(O)c2)Oc2cc(O)cc(O)c2C1)c1cc(O)c(O)c(O)c1.O=C(OC1=C(c2ccc(O)c(O)c2)Oc2cc(O)cc(O)c2C1)c1cc(O)c(O)c(O)c1.O=C(OC1=C(c2ccc(O)cc2)Oc2cc(O)cc(O)c2C1)c1cc(O)c(O)c(O)c1. The fraction of sp³-hybridized carbons (Fsp3) is 0.0562. The number of benzene rings is 12. The maximum atomic E-state index is 12.7. The lowest BCUT2D eigenvalue weighted by atomic mass is 10.0. The number of hydrogen-bond donors (Lipinski definition) is 26. The molecule has 0 spiro atoms. The van der Waals surface area contributed by atoms with Crippen LogP contribution in [-0.2, 0) is 44.6 Å². The Kier molecular flexibility index (Phi) is 23.9. The van der Waals surface area contributed by atoms with Gasteiger partial charge in [0.05, 0.1) is 29.4 Å². The molecule has 0 saturated heterocycles. The van der Waals surface area contributed by atoms with Crippen molar-refractivity contribution < 1.29 is 195 Å². The van der Waals surface area contributed by atoms with E-state index in [1.807, 2.05) is 0 Å². The number of aromatic hydroxyl groups is 26. The van der Waals surface area contributed by atoms with E-state index in [9.17, 15) is 152 Å². The number of hydrogen-bond acceptors (Lipinski definition) is 39. The average Bonchev–Trinajstić information content (AvgIpc) is 0.771. The van der Waals surface area contributed by atoms with Crippen LogP contribution in [0.2, 0.25) is 0 Å². The summed E-state index contributed by atoms with van der Waals surface area (Å²) in [5, 5.41) is 253. The zero-order chi connectivity index (χ0) is 92.5. The molecule has 39 nitrogen and oxygen atoms in total. The first-order chi connectivity index (χ1) is 60.7. The Morgan fingerprint density at radius 3 is 0.711 bits per heavy atom. The van der Waals surface area contributed by atoms with E-state index in [0.717, 1.165) is 91.0 Å². The van der Waals surface area contributed by atoms with Crippen LogP contribution in [0.3, 0.4) is 0 Å². The Balaban J connectivity index is 0.000000146. The predicted molar refractivity (Wildman–Crippen MR) is 434 cm³/mol. The lowest BCUT2D eigenvalue weighted by molar-refractivity contribution is 0.0600. The van der Waals surface area contributed by atoms with Gasteiger partial charge in [-0.2, -0.15) is 0 Å². The van der Waals surface area contributed by atoms with Gasteiger partial charge >= 0.3 is 23.9 Å². The average molecular weight is 1760 g/mol. The molecule has 0 amide bonds. The summed E-state index contributed by atoms with van der Waals surface area (Å²) in [6.45, 7) is 0. The van der Waals surface area contributed by atoms with Crippen LogP contribution in [-0.4, -0.2) is 164 Å². The minimum atomic E-state index is -1.09. The van der Waals surface area contributed by atoms with E-state index >= 15 is 0 Å². The minimum absolute atomic E-state index is 0.00349. The molecular formula is C89H66O39. The van der Waals surface area contributed by atoms with Gasteiger partial charge in [0.1, 0.15) is 80.5 Å². The molecule has 128 heavy (non-hydrogen) atoms. The quantitative estimate of drug-likeness (QED) is 0.0290. The molecule has 12 aromatic rings. The summed E-state index contributed by atoms with van der Waals surface area (Å²) < 4.78 is 49.9. The van der Waals surface area contributed by atoms with Gasteiger partial charge in [-0.3, -0.25) is 0 Å². The number of allylic oxidation sites excluding steroid dienone is 4. The highest BCUT2D eigenvalue weighted by Crippen LogP contribution is 2.51. The van der Waals surface area contributed by atoms with Crippen molar-refractivity contribution in [2.24, 2.45) is 0 Å². The molecule has 0 radical (unpaired) electrons. The van der Waals surface area contributed by atoms with Gasteiger partial charge in [-0.25, -0.2) is 19.2 Å². The summed E-state index contributed by atoms with van der Waals surface area (Å²) in [7, 11) is 1.52. The number of rotatable bonds is 13. The van der Waals surface area contributed by atoms with E-state index in [2.05, 4.69) is 0 Å². The van der Waals surface area contributed by atoms with Crippen molar-refractivity contribution >= 4 is 46.9 Å². The van der Waals surface area contributed by atoms with Crippen molar-refractivity contribution in [1.82, 2.24) is 0 Å². The highest BCUT2D eigenvalue weighted by Gasteiger charge is 2.35. The van der Waals surface area contributed by atoms with E-state index in [1.165, 1.54) is 67.8 Å². The summed E-state index contributed by atoms with van der Waals surface area (Å²) in [4.78, 5) is 50.7. The van der Waals surface area contributed by atoms with Gasteiger partial charge < -0.3 is 175 Å². The molecule has 4 heterocycles. The van der Waals surface area contributed by atoms with Crippen molar-refractivity contribution in [3.05, 3.63) is 266 Å². The first kappa shape index (κ1) is 87.1. The molecular weight excluding hydrogens is 1690 g/mol. The van der Waals surface area contributed by atoms with E-state index in [0.29, 0.717) is 22.4 Å². The van der Waals surface area contributed by atoms with Gasteiger partial charge in [0.2, 0.25) is 0 Å². The van der Waals surface area contributed by atoms with E-state index in [1.54, 1.807) is 24.3 Å². The first-order valence-corrected chi connectivity index (χ1v) is 36.6. The number of ether oxygens (including phenoxy) is 9. The molecule has 4 aliphatic heterocycles. The Hall–Kier alpha value is -18.7. The van der Waals surface area contributed by atoms with Gasteiger partial charge in [0, 0.05) is 119 Å². The number of methoxy groups -OCH3 is 1. The number of phenolic OH excluding ortho intramolecular Hbond substituents is 26. The van der Waals surface area contributed by atoms with E-state index in [4.69, 9.17) is 42.6 Å². The third-order valence-corrected chi connectivity index (χ3v) is 19.0. The van der Waals surface area contributed by atoms with Crippen LogP contribution in [0.1, 0.15) is 85.9 Å². The van der Waals surface area contributed by atoms with Crippen molar-refractivity contribution in [2.75, 3.05) is 7.11 Å². The van der Waals surface area contributed by atoms with Crippen molar-refractivity contribution in [1.29, 1.82) is 0 Å². The molecule has 0 bridgehead atoms. The summed E-state index contributed by atoms with van der Waals surface area (Å²) in [5.41, 5.74) is 0.930. The number of phenols is 26. The number of esters is 4. The fourth-order valence-electron chi connectivity index (χ4n) is 12.7. The summed E-state index contributed by atoms with van der Waals surface area (Å²) in [6, 6.07) is 34.9. The van der Waals surface area contributed by atoms with Gasteiger partial charge in [0.25, 0.3) is 0 Å². The monoisotopic (exact) mass is 1760 g/mol. The second kappa shape index (κ2) is 35.2. The van der Waals surface area contributed by atoms with Crippen molar-refractivity contribution in [3.63, 3.8) is 0 Å². The van der Waals surface area contributed by atoms with E-state index in [-0.39, 0.29) is 197 Å². The van der Waals surface area contributed by atoms with Crippen molar-refractivity contribution in [3.8, 4) is 178 Å². The van der Waals surface area contributed by atoms with Crippen LogP contribution in [0.25, 0.3) is 23.0 Å². The molecule has 0 fully saturated rings.